The van der Waals surface area contributed by atoms with E-state index in [9.17, 15) is 19.8 Å². The van der Waals surface area contributed by atoms with Crippen LogP contribution >= 0.6 is 0 Å². The number of carboxylic acids is 2. The van der Waals surface area contributed by atoms with Crippen LogP contribution in [0.4, 0.5) is 0 Å². The van der Waals surface area contributed by atoms with Crippen LogP contribution < -0.4 is 69.3 Å². The van der Waals surface area contributed by atoms with Crippen molar-refractivity contribution in [3.8, 4) is 0 Å². The molecule has 1 unspecified atom stereocenters. The molecule has 0 fully saturated rings. The molecule has 0 amide bonds. The number of hydrogen-bond acceptors (Lipinski definition) is 5. The Morgan fingerprint density at radius 1 is 1.05 bits per heavy atom. The van der Waals surface area contributed by atoms with Crippen molar-refractivity contribution in [3.63, 3.8) is 0 Å². The van der Waals surface area contributed by atoms with Gasteiger partial charge in [-0.3, -0.25) is 4.90 Å². The van der Waals surface area contributed by atoms with Gasteiger partial charge in [-0.1, -0.05) is 38.1 Å². The number of aliphatic carboxylic acids is 2. The van der Waals surface area contributed by atoms with E-state index in [0.717, 1.165) is 12.0 Å². The maximum Gasteiger partial charge on any atom is 1.00 e. The molecule has 0 aliphatic rings. The van der Waals surface area contributed by atoms with Crippen LogP contribution in [0.5, 0.6) is 0 Å². The Morgan fingerprint density at radius 2 is 1.50 bits per heavy atom. The summed E-state index contributed by atoms with van der Waals surface area (Å²) in [4.78, 5) is 22.5. The smallest absolute Gasteiger partial charge is 0.549 e. The molecule has 1 atom stereocenters. The summed E-state index contributed by atoms with van der Waals surface area (Å²) in [5.41, 5.74) is 2.07. The van der Waals surface area contributed by atoms with Crippen molar-refractivity contribution in [3.05, 3.63) is 35.4 Å². The van der Waals surface area contributed by atoms with Crippen molar-refractivity contribution >= 4 is 11.9 Å². The van der Waals surface area contributed by atoms with E-state index >= 15 is 0 Å². The average molecular weight is 323 g/mol. The molecule has 22 heavy (non-hydrogen) atoms. The predicted molar refractivity (Wildman–Crippen MR) is 70.4 cm³/mol. The van der Waals surface area contributed by atoms with Crippen molar-refractivity contribution < 1.29 is 78.9 Å². The molecule has 0 heterocycles. The van der Waals surface area contributed by atoms with Crippen LogP contribution in [-0.4, -0.2) is 29.9 Å². The Kier molecular flexibility index (Phi) is 13.9. The van der Waals surface area contributed by atoms with Crippen LogP contribution in [0.1, 0.15) is 37.3 Å². The number of nitrogens with zero attached hydrogens (tertiary/aromatic N) is 1. The molecule has 0 spiro atoms. The first-order valence-electron chi connectivity index (χ1n) is 6.63. The molecule has 0 aliphatic heterocycles. The van der Waals surface area contributed by atoms with Gasteiger partial charge < -0.3 is 19.8 Å². The second-order valence-corrected chi connectivity index (χ2v) is 4.94. The second-order valence-electron chi connectivity index (χ2n) is 4.94. The minimum absolute atomic E-state index is 0. The van der Waals surface area contributed by atoms with Gasteiger partial charge in [-0.2, -0.15) is 0 Å². The minimum atomic E-state index is -1.30. The average Bonchev–Trinajstić information content (AvgIpc) is 2.37. The summed E-state index contributed by atoms with van der Waals surface area (Å²) in [6, 6.07) is 7.75. The molecular formula is C15H19NNa2O4. The third-order valence-corrected chi connectivity index (χ3v) is 3.27. The Hall–Kier alpha value is 0.120. The maximum absolute atomic E-state index is 10.6. The zero-order chi connectivity index (χ0) is 15.1. The number of carbonyl (C=O) groups is 2. The largest absolute Gasteiger partial charge is 1.00 e. The van der Waals surface area contributed by atoms with Gasteiger partial charge in [0.25, 0.3) is 0 Å². The fourth-order valence-corrected chi connectivity index (χ4v) is 1.98. The minimum Gasteiger partial charge on any atom is -0.549 e. The summed E-state index contributed by atoms with van der Waals surface area (Å²) >= 11 is 0. The second kappa shape index (κ2) is 12.5. The molecule has 0 saturated carbocycles. The molecule has 1 aromatic rings. The SMILES string of the molecule is CCC(C)c1ccc(CN(CC(=O)[O-])CC(=O)[O-])cc1.[Na+].[Na+]. The fraction of sp³-hybridized carbons (Fsp3) is 0.467. The third kappa shape index (κ3) is 9.30. The van der Waals surface area contributed by atoms with Gasteiger partial charge in [-0.25, -0.2) is 0 Å². The van der Waals surface area contributed by atoms with E-state index in [-0.39, 0.29) is 65.7 Å². The zero-order valence-electron chi connectivity index (χ0n) is 13.8. The Balaban J connectivity index is 0. The first-order chi connectivity index (χ1) is 9.42. The van der Waals surface area contributed by atoms with E-state index < -0.39 is 25.0 Å². The molecular weight excluding hydrogens is 304 g/mol. The molecule has 5 nitrogen and oxygen atoms in total. The van der Waals surface area contributed by atoms with Gasteiger partial charge in [0.05, 0.1) is 11.9 Å². The molecule has 1 aromatic carbocycles. The predicted octanol–water partition coefficient (Wildman–Crippen LogP) is -6.49. The molecule has 0 aliphatic carbocycles. The third-order valence-electron chi connectivity index (χ3n) is 3.27. The van der Waals surface area contributed by atoms with Crippen LogP contribution in [0, 0.1) is 0 Å². The van der Waals surface area contributed by atoms with Gasteiger partial charge in [-0.15, -0.1) is 0 Å². The van der Waals surface area contributed by atoms with Crippen LogP contribution in [0.2, 0.25) is 0 Å². The van der Waals surface area contributed by atoms with E-state index in [4.69, 9.17) is 0 Å². The summed E-state index contributed by atoms with van der Waals surface area (Å²) < 4.78 is 0. The first kappa shape index (κ1) is 24.4. The zero-order valence-corrected chi connectivity index (χ0v) is 17.8. The Morgan fingerprint density at radius 3 is 1.86 bits per heavy atom. The normalized spacial score (nSPS) is 11.2. The molecule has 0 N–H and O–H groups in total. The van der Waals surface area contributed by atoms with Gasteiger partial charge in [0, 0.05) is 19.6 Å². The number of carbonyl (C=O) groups excluding carboxylic acids is 2. The van der Waals surface area contributed by atoms with Crippen molar-refractivity contribution in [2.75, 3.05) is 13.1 Å². The quantitative estimate of drug-likeness (QED) is 0.444. The van der Waals surface area contributed by atoms with Gasteiger partial charge in [0.15, 0.2) is 0 Å². The fourth-order valence-electron chi connectivity index (χ4n) is 1.98. The molecule has 0 aromatic heterocycles. The van der Waals surface area contributed by atoms with E-state index in [1.807, 2.05) is 24.3 Å². The molecule has 1 rings (SSSR count). The summed E-state index contributed by atoms with van der Waals surface area (Å²) in [5, 5.41) is 21.2. The molecule has 0 radical (unpaired) electrons. The van der Waals surface area contributed by atoms with Gasteiger partial charge >= 0.3 is 59.1 Å². The summed E-state index contributed by atoms with van der Waals surface area (Å²) in [6.45, 7) is 3.62. The van der Waals surface area contributed by atoms with Gasteiger partial charge in [0.1, 0.15) is 0 Å². The molecule has 0 bridgehead atoms. The molecule has 7 heteroatoms. The summed E-state index contributed by atoms with van der Waals surface area (Å²) in [5.74, 6) is -2.14. The maximum atomic E-state index is 10.6. The van der Waals surface area contributed by atoms with Crippen molar-refractivity contribution in [1.29, 1.82) is 0 Å². The van der Waals surface area contributed by atoms with Crippen LogP contribution in [0.3, 0.4) is 0 Å². The van der Waals surface area contributed by atoms with E-state index in [1.165, 1.54) is 10.5 Å². The Labute approximate surface area is 175 Å². The standard InChI is InChI=1S/C15H21NO4.2Na/c1-3-11(2)13-6-4-12(5-7-13)8-16(9-14(17)18)10-15(19)20;;/h4-7,11H,3,8-10H2,1-2H3,(H,17,18)(H,19,20);;/q;2*+1/p-2. The molecule has 0 saturated heterocycles. The van der Waals surface area contributed by atoms with Gasteiger partial charge in [0.2, 0.25) is 0 Å². The van der Waals surface area contributed by atoms with Crippen LogP contribution in [0.25, 0.3) is 0 Å². The first-order valence-corrected chi connectivity index (χ1v) is 6.63. The van der Waals surface area contributed by atoms with Crippen molar-refractivity contribution in [1.82, 2.24) is 4.90 Å². The summed E-state index contributed by atoms with van der Waals surface area (Å²) in [7, 11) is 0. The number of benzene rings is 1. The number of rotatable bonds is 8. The van der Waals surface area contributed by atoms with Crippen molar-refractivity contribution in [2.24, 2.45) is 0 Å². The van der Waals surface area contributed by atoms with E-state index in [0.29, 0.717) is 5.92 Å². The van der Waals surface area contributed by atoms with E-state index in [1.54, 1.807) is 0 Å². The topological polar surface area (TPSA) is 83.5 Å². The van der Waals surface area contributed by atoms with E-state index in [2.05, 4.69) is 13.8 Å². The van der Waals surface area contributed by atoms with Crippen molar-refractivity contribution in [2.45, 2.75) is 32.7 Å². The van der Waals surface area contributed by atoms with Gasteiger partial charge in [-0.05, 0) is 23.5 Å². The van der Waals surface area contributed by atoms with Crippen LogP contribution in [-0.2, 0) is 16.1 Å². The van der Waals surface area contributed by atoms with Crippen LogP contribution in [0.15, 0.2) is 24.3 Å². The summed E-state index contributed by atoms with van der Waals surface area (Å²) in [6.07, 6.45) is 1.04. The monoisotopic (exact) mass is 323 g/mol. The number of carboxylic acid groups (broad SMARTS) is 2. The Bertz CT molecular complexity index is 449. The molecule has 110 valence electrons. The number of hydrogen-bond donors (Lipinski definition) is 0.